The zero-order valence-corrected chi connectivity index (χ0v) is 13.4. The number of anilines is 2. The standard InChI is InChI=1S/C16H22N2O3S/c19-16(13-8-11-22(20,21)12-13)17-14-4-6-15(7-5-14)18-9-2-1-3-10-18/h4-7,13H,1-3,8-12H2,(H,17,19)/t13-/m0/s1. The molecule has 22 heavy (non-hydrogen) atoms. The predicted octanol–water partition coefficient (Wildman–Crippen LogP) is 2.05. The fraction of sp³-hybridized carbons (Fsp3) is 0.562. The molecule has 1 amide bonds. The second-order valence-electron chi connectivity index (χ2n) is 6.18. The number of hydrogen-bond acceptors (Lipinski definition) is 4. The van der Waals surface area contributed by atoms with Crippen LogP contribution in [0.4, 0.5) is 11.4 Å². The third-order valence-corrected chi connectivity index (χ3v) is 6.23. The number of hydrogen-bond donors (Lipinski definition) is 1. The Morgan fingerprint density at radius 3 is 2.36 bits per heavy atom. The van der Waals surface area contributed by atoms with E-state index in [2.05, 4.69) is 10.2 Å². The van der Waals surface area contributed by atoms with E-state index in [1.807, 2.05) is 24.3 Å². The van der Waals surface area contributed by atoms with Crippen molar-refractivity contribution in [3.8, 4) is 0 Å². The lowest BCUT2D eigenvalue weighted by molar-refractivity contribution is -0.119. The van der Waals surface area contributed by atoms with E-state index in [-0.39, 0.29) is 17.4 Å². The summed E-state index contributed by atoms with van der Waals surface area (Å²) in [5, 5.41) is 2.83. The highest BCUT2D eigenvalue weighted by Crippen LogP contribution is 2.23. The van der Waals surface area contributed by atoms with Gasteiger partial charge in [0.25, 0.3) is 0 Å². The Labute approximate surface area is 131 Å². The molecule has 120 valence electrons. The van der Waals surface area contributed by atoms with E-state index in [1.165, 1.54) is 24.9 Å². The van der Waals surface area contributed by atoms with Crippen molar-refractivity contribution in [2.45, 2.75) is 25.7 Å². The number of carbonyl (C=O) groups is 1. The lowest BCUT2D eigenvalue weighted by Gasteiger charge is -2.28. The van der Waals surface area contributed by atoms with E-state index in [4.69, 9.17) is 0 Å². The van der Waals surface area contributed by atoms with Crippen molar-refractivity contribution in [3.63, 3.8) is 0 Å². The van der Waals surface area contributed by atoms with Gasteiger partial charge in [0, 0.05) is 24.5 Å². The zero-order chi connectivity index (χ0) is 15.6. The first-order valence-corrected chi connectivity index (χ1v) is 9.72. The molecule has 2 heterocycles. The highest BCUT2D eigenvalue weighted by molar-refractivity contribution is 7.91. The second kappa shape index (κ2) is 6.28. The van der Waals surface area contributed by atoms with Crippen LogP contribution in [-0.2, 0) is 14.6 Å². The molecule has 0 radical (unpaired) electrons. The van der Waals surface area contributed by atoms with Crippen molar-refractivity contribution in [2.24, 2.45) is 5.92 Å². The zero-order valence-electron chi connectivity index (χ0n) is 12.6. The van der Waals surface area contributed by atoms with Crippen molar-refractivity contribution in [3.05, 3.63) is 24.3 Å². The molecule has 0 saturated carbocycles. The number of carbonyl (C=O) groups excluding carboxylic acids is 1. The first-order chi connectivity index (χ1) is 10.5. The Kier molecular flexibility index (Phi) is 4.38. The summed E-state index contributed by atoms with van der Waals surface area (Å²) >= 11 is 0. The predicted molar refractivity (Wildman–Crippen MR) is 87.9 cm³/mol. The molecule has 0 aliphatic carbocycles. The Balaban J connectivity index is 1.60. The number of piperidine rings is 1. The van der Waals surface area contributed by atoms with E-state index in [0.29, 0.717) is 6.42 Å². The van der Waals surface area contributed by atoms with Gasteiger partial charge >= 0.3 is 0 Å². The maximum absolute atomic E-state index is 12.1. The maximum Gasteiger partial charge on any atom is 0.228 e. The summed E-state index contributed by atoms with van der Waals surface area (Å²) in [6, 6.07) is 7.83. The van der Waals surface area contributed by atoms with Gasteiger partial charge in [-0.15, -0.1) is 0 Å². The van der Waals surface area contributed by atoms with E-state index < -0.39 is 15.8 Å². The summed E-state index contributed by atoms with van der Waals surface area (Å²) in [4.78, 5) is 14.5. The average molecular weight is 322 g/mol. The Morgan fingerprint density at radius 2 is 1.77 bits per heavy atom. The van der Waals surface area contributed by atoms with E-state index in [1.54, 1.807) is 0 Å². The van der Waals surface area contributed by atoms with Crippen LogP contribution in [0.5, 0.6) is 0 Å². The lowest BCUT2D eigenvalue weighted by Crippen LogP contribution is -2.29. The van der Waals surface area contributed by atoms with Crippen LogP contribution in [0.2, 0.25) is 0 Å². The molecule has 2 aliphatic heterocycles. The third kappa shape index (κ3) is 3.61. The number of nitrogens with zero attached hydrogens (tertiary/aromatic N) is 1. The van der Waals surface area contributed by atoms with Crippen LogP contribution in [-0.4, -0.2) is 38.9 Å². The summed E-state index contributed by atoms with van der Waals surface area (Å²) in [5.74, 6) is -0.498. The number of nitrogens with one attached hydrogen (secondary N) is 1. The van der Waals surface area contributed by atoms with Gasteiger partial charge in [-0.2, -0.15) is 0 Å². The van der Waals surface area contributed by atoms with Crippen LogP contribution in [0.1, 0.15) is 25.7 Å². The minimum Gasteiger partial charge on any atom is -0.372 e. The van der Waals surface area contributed by atoms with Crippen LogP contribution < -0.4 is 10.2 Å². The molecule has 0 aromatic heterocycles. The van der Waals surface area contributed by atoms with Crippen molar-refractivity contribution in [2.75, 3.05) is 34.8 Å². The number of rotatable bonds is 3. The monoisotopic (exact) mass is 322 g/mol. The van der Waals surface area contributed by atoms with Crippen molar-refractivity contribution >= 4 is 27.1 Å². The van der Waals surface area contributed by atoms with E-state index in [9.17, 15) is 13.2 Å². The number of benzene rings is 1. The van der Waals surface area contributed by atoms with Crippen molar-refractivity contribution < 1.29 is 13.2 Å². The molecule has 0 unspecified atom stereocenters. The molecule has 1 atom stereocenters. The molecule has 0 bridgehead atoms. The molecule has 1 aromatic carbocycles. The molecule has 2 saturated heterocycles. The summed E-state index contributed by atoms with van der Waals surface area (Å²) < 4.78 is 22.9. The molecule has 2 aliphatic rings. The Morgan fingerprint density at radius 1 is 1.09 bits per heavy atom. The van der Waals surface area contributed by atoms with Crippen LogP contribution in [0.25, 0.3) is 0 Å². The SMILES string of the molecule is O=C(Nc1ccc(N2CCCCC2)cc1)[C@H]1CCS(=O)(=O)C1. The molecule has 3 rings (SSSR count). The molecular weight excluding hydrogens is 300 g/mol. The number of amides is 1. The molecule has 1 aromatic rings. The molecule has 0 spiro atoms. The molecule has 2 fully saturated rings. The summed E-state index contributed by atoms with van der Waals surface area (Å²) in [7, 11) is -3.02. The van der Waals surface area contributed by atoms with E-state index >= 15 is 0 Å². The minimum absolute atomic E-state index is 0.0231. The summed E-state index contributed by atoms with van der Waals surface area (Å²) in [6.07, 6.45) is 4.19. The molecule has 5 nitrogen and oxygen atoms in total. The lowest BCUT2D eigenvalue weighted by atomic mass is 10.1. The first-order valence-electron chi connectivity index (χ1n) is 7.90. The van der Waals surface area contributed by atoms with Crippen LogP contribution in [0, 0.1) is 5.92 Å². The molecular formula is C16H22N2O3S. The smallest absolute Gasteiger partial charge is 0.228 e. The maximum atomic E-state index is 12.1. The second-order valence-corrected chi connectivity index (χ2v) is 8.41. The van der Waals surface area contributed by atoms with Gasteiger partial charge in [0.05, 0.1) is 17.4 Å². The fourth-order valence-electron chi connectivity index (χ4n) is 3.15. The van der Waals surface area contributed by atoms with Gasteiger partial charge in [-0.05, 0) is 49.9 Å². The van der Waals surface area contributed by atoms with Crippen LogP contribution >= 0.6 is 0 Å². The average Bonchev–Trinajstić information content (AvgIpc) is 2.89. The largest absolute Gasteiger partial charge is 0.372 e. The quantitative estimate of drug-likeness (QED) is 0.925. The Bertz CT molecular complexity index is 634. The Hall–Kier alpha value is -1.56. The topological polar surface area (TPSA) is 66.5 Å². The van der Waals surface area contributed by atoms with Gasteiger partial charge in [0.2, 0.25) is 5.91 Å². The molecule has 1 N–H and O–H groups in total. The summed E-state index contributed by atoms with van der Waals surface area (Å²) in [6.45, 7) is 2.18. The fourth-order valence-corrected chi connectivity index (χ4v) is 4.90. The normalized spacial score (nSPS) is 24.2. The summed E-state index contributed by atoms with van der Waals surface area (Å²) in [5.41, 5.74) is 1.91. The highest BCUT2D eigenvalue weighted by atomic mass is 32.2. The van der Waals surface area contributed by atoms with Gasteiger partial charge in [-0.1, -0.05) is 0 Å². The van der Waals surface area contributed by atoms with Crippen LogP contribution in [0.15, 0.2) is 24.3 Å². The minimum atomic E-state index is -3.02. The number of sulfone groups is 1. The van der Waals surface area contributed by atoms with Gasteiger partial charge in [0.1, 0.15) is 0 Å². The van der Waals surface area contributed by atoms with Gasteiger partial charge in [-0.25, -0.2) is 8.42 Å². The van der Waals surface area contributed by atoms with Gasteiger partial charge in [-0.3, -0.25) is 4.79 Å². The van der Waals surface area contributed by atoms with E-state index in [0.717, 1.165) is 18.8 Å². The first kappa shape index (κ1) is 15.3. The molecule has 6 heteroatoms. The highest BCUT2D eigenvalue weighted by Gasteiger charge is 2.32. The van der Waals surface area contributed by atoms with Gasteiger partial charge in [0.15, 0.2) is 9.84 Å². The van der Waals surface area contributed by atoms with Crippen molar-refractivity contribution in [1.82, 2.24) is 0 Å². The van der Waals surface area contributed by atoms with Crippen molar-refractivity contribution in [1.29, 1.82) is 0 Å². The van der Waals surface area contributed by atoms with Crippen LogP contribution in [0.3, 0.4) is 0 Å². The third-order valence-electron chi connectivity index (χ3n) is 4.46. The van der Waals surface area contributed by atoms with Gasteiger partial charge < -0.3 is 10.2 Å².